The Morgan fingerprint density at radius 3 is 2.65 bits per heavy atom. The van der Waals surface area contributed by atoms with Crippen molar-refractivity contribution in [1.29, 1.82) is 0 Å². The van der Waals surface area contributed by atoms with Crippen LogP contribution in [0, 0.1) is 13.8 Å². The quantitative estimate of drug-likeness (QED) is 0.755. The maximum atomic E-state index is 11.7. The van der Waals surface area contributed by atoms with E-state index in [0.29, 0.717) is 23.6 Å². The summed E-state index contributed by atoms with van der Waals surface area (Å²) in [5, 5.41) is 11.8. The van der Waals surface area contributed by atoms with Crippen molar-refractivity contribution in [3.63, 3.8) is 0 Å². The van der Waals surface area contributed by atoms with Crippen molar-refractivity contribution < 1.29 is 19.4 Å². The number of carbonyl (C=O) groups is 2. The number of methoxy groups -OCH3 is 1. The highest BCUT2D eigenvalue weighted by Crippen LogP contribution is 2.20. The lowest BCUT2D eigenvalue weighted by Crippen LogP contribution is -2.16. The number of thioether (sulfide) groups is 1. The van der Waals surface area contributed by atoms with Crippen LogP contribution in [-0.4, -0.2) is 42.2 Å². The van der Waals surface area contributed by atoms with Crippen LogP contribution in [0.15, 0.2) is 12.1 Å². The van der Waals surface area contributed by atoms with E-state index in [-0.39, 0.29) is 11.5 Å². The molecule has 0 spiro atoms. The Morgan fingerprint density at radius 1 is 1.35 bits per heavy atom. The summed E-state index contributed by atoms with van der Waals surface area (Å²) in [6, 6.07) is 3.27. The number of anilines is 1. The normalized spacial score (nSPS) is 10.3. The van der Waals surface area contributed by atoms with Gasteiger partial charge in [-0.3, -0.25) is 4.79 Å². The van der Waals surface area contributed by atoms with E-state index in [2.05, 4.69) is 5.32 Å². The number of aryl methyl sites for hydroxylation is 1. The van der Waals surface area contributed by atoms with E-state index in [1.165, 1.54) is 17.8 Å². The summed E-state index contributed by atoms with van der Waals surface area (Å²) in [6.07, 6.45) is 0. The Hall–Kier alpha value is -1.53. The van der Waals surface area contributed by atoms with Crippen molar-refractivity contribution in [2.45, 2.75) is 13.8 Å². The number of carboxylic acids is 1. The Bertz CT molecular complexity index is 502. The van der Waals surface area contributed by atoms with Gasteiger partial charge in [0.1, 0.15) is 0 Å². The van der Waals surface area contributed by atoms with Crippen molar-refractivity contribution in [3.8, 4) is 0 Å². The highest BCUT2D eigenvalue weighted by molar-refractivity contribution is 7.99. The number of aromatic carboxylic acids is 1. The van der Waals surface area contributed by atoms with Crippen molar-refractivity contribution >= 4 is 29.3 Å². The maximum Gasteiger partial charge on any atom is 0.336 e. The van der Waals surface area contributed by atoms with E-state index >= 15 is 0 Å². The molecule has 0 saturated heterocycles. The molecule has 0 saturated carbocycles. The zero-order chi connectivity index (χ0) is 15.1. The molecule has 6 heteroatoms. The molecule has 1 aromatic rings. The Labute approximate surface area is 122 Å². The van der Waals surface area contributed by atoms with Gasteiger partial charge in [0.15, 0.2) is 0 Å². The number of benzene rings is 1. The number of carboxylic acid groups (broad SMARTS) is 1. The second kappa shape index (κ2) is 7.91. The van der Waals surface area contributed by atoms with Crippen LogP contribution in [0.2, 0.25) is 0 Å². The van der Waals surface area contributed by atoms with E-state index < -0.39 is 5.97 Å². The molecular weight excluding hydrogens is 278 g/mol. The summed E-state index contributed by atoms with van der Waals surface area (Å²) < 4.78 is 4.90. The van der Waals surface area contributed by atoms with Crippen LogP contribution >= 0.6 is 11.8 Å². The molecule has 1 rings (SSSR count). The smallest absolute Gasteiger partial charge is 0.336 e. The van der Waals surface area contributed by atoms with Gasteiger partial charge in [-0.2, -0.15) is 0 Å². The molecule has 0 heterocycles. The number of hydrogen-bond acceptors (Lipinski definition) is 4. The molecule has 110 valence electrons. The number of amides is 1. The minimum absolute atomic E-state index is 0.148. The average molecular weight is 297 g/mol. The molecule has 1 aromatic carbocycles. The van der Waals surface area contributed by atoms with Crippen LogP contribution in [0.5, 0.6) is 0 Å². The lowest BCUT2D eigenvalue weighted by Gasteiger charge is -2.10. The van der Waals surface area contributed by atoms with Gasteiger partial charge < -0.3 is 15.2 Å². The average Bonchev–Trinajstić information content (AvgIpc) is 2.38. The van der Waals surface area contributed by atoms with E-state index in [4.69, 9.17) is 9.84 Å². The van der Waals surface area contributed by atoms with Gasteiger partial charge >= 0.3 is 5.97 Å². The number of carbonyl (C=O) groups excluding carboxylic acids is 1. The SMILES string of the molecule is COCCSCC(=O)Nc1cc(C)c(C)c(C(=O)O)c1. The summed E-state index contributed by atoms with van der Waals surface area (Å²) in [6.45, 7) is 4.18. The van der Waals surface area contributed by atoms with Gasteiger partial charge in [-0.25, -0.2) is 4.79 Å². The van der Waals surface area contributed by atoms with Crippen LogP contribution in [0.25, 0.3) is 0 Å². The molecule has 20 heavy (non-hydrogen) atoms. The summed E-state index contributed by atoms with van der Waals surface area (Å²) in [5.41, 5.74) is 2.28. The fourth-order valence-electron chi connectivity index (χ4n) is 1.66. The molecule has 0 aromatic heterocycles. The molecule has 0 unspecified atom stereocenters. The fraction of sp³-hybridized carbons (Fsp3) is 0.429. The van der Waals surface area contributed by atoms with Gasteiger partial charge in [0.2, 0.25) is 5.91 Å². The summed E-state index contributed by atoms with van der Waals surface area (Å²) in [4.78, 5) is 22.9. The lowest BCUT2D eigenvalue weighted by atomic mass is 10.0. The number of hydrogen-bond donors (Lipinski definition) is 2. The zero-order valence-electron chi connectivity index (χ0n) is 11.9. The molecule has 1 amide bonds. The first kappa shape index (κ1) is 16.5. The third-order valence-electron chi connectivity index (χ3n) is 2.85. The van der Waals surface area contributed by atoms with Crippen molar-refractivity contribution in [2.24, 2.45) is 0 Å². The molecule has 0 aliphatic rings. The molecule has 0 aliphatic heterocycles. The first-order chi connectivity index (χ1) is 9.45. The van der Waals surface area contributed by atoms with E-state index in [9.17, 15) is 9.59 Å². The highest BCUT2D eigenvalue weighted by Gasteiger charge is 2.12. The van der Waals surface area contributed by atoms with Crippen LogP contribution in [0.4, 0.5) is 5.69 Å². The topological polar surface area (TPSA) is 75.6 Å². The monoisotopic (exact) mass is 297 g/mol. The predicted octanol–water partition coefficient (Wildman–Crippen LogP) is 2.32. The molecule has 5 nitrogen and oxygen atoms in total. The third-order valence-corrected chi connectivity index (χ3v) is 3.77. The van der Waals surface area contributed by atoms with Gasteiger partial charge in [0, 0.05) is 18.6 Å². The van der Waals surface area contributed by atoms with Crippen LogP contribution in [-0.2, 0) is 9.53 Å². The second-order valence-electron chi connectivity index (χ2n) is 4.36. The largest absolute Gasteiger partial charge is 0.478 e. The van der Waals surface area contributed by atoms with Gasteiger partial charge in [-0.1, -0.05) is 0 Å². The van der Waals surface area contributed by atoms with Crippen molar-refractivity contribution in [2.75, 3.05) is 30.5 Å². The lowest BCUT2D eigenvalue weighted by molar-refractivity contribution is -0.113. The summed E-state index contributed by atoms with van der Waals surface area (Å²) >= 11 is 1.47. The fourth-order valence-corrected chi connectivity index (χ4v) is 2.34. The molecule has 0 atom stereocenters. The van der Waals surface area contributed by atoms with Gasteiger partial charge in [-0.05, 0) is 37.1 Å². The Balaban J connectivity index is 2.68. The molecule has 0 aliphatic carbocycles. The van der Waals surface area contributed by atoms with Gasteiger partial charge in [0.05, 0.1) is 17.9 Å². The summed E-state index contributed by atoms with van der Waals surface area (Å²) in [7, 11) is 1.61. The van der Waals surface area contributed by atoms with E-state index in [1.807, 2.05) is 6.92 Å². The number of rotatable bonds is 7. The third kappa shape index (κ3) is 4.86. The molecule has 2 N–H and O–H groups in total. The second-order valence-corrected chi connectivity index (χ2v) is 5.47. The minimum Gasteiger partial charge on any atom is -0.478 e. The predicted molar refractivity (Wildman–Crippen MR) is 80.7 cm³/mol. The molecule has 0 fully saturated rings. The van der Waals surface area contributed by atoms with E-state index in [1.54, 1.807) is 20.1 Å². The maximum absolute atomic E-state index is 11.7. The number of ether oxygens (including phenoxy) is 1. The van der Waals surface area contributed by atoms with Gasteiger partial charge in [-0.15, -0.1) is 11.8 Å². The van der Waals surface area contributed by atoms with Gasteiger partial charge in [0.25, 0.3) is 0 Å². The van der Waals surface area contributed by atoms with E-state index in [0.717, 1.165) is 11.3 Å². The zero-order valence-corrected chi connectivity index (χ0v) is 12.7. The van der Waals surface area contributed by atoms with Crippen molar-refractivity contribution in [3.05, 3.63) is 28.8 Å². The molecule has 0 radical (unpaired) electrons. The Morgan fingerprint density at radius 2 is 2.05 bits per heavy atom. The number of nitrogens with one attached hydrogen (secondary N) is 1. The highest BCUT2D eigenvalue weighted by atomic mass is 32.2. The standard InChI is InChI=1S/C14H19NO4S/c1-9-6-11(7-12(10(9)2)14(17)18)15-13(16)8-20-5-4-19-3/h6-7H,4-5,8H2,1-3H3,(H,15,16)(H,17,18). The van der Waals surface area contributed by atoms with Crippen LogP contribution in [0.1, 0.15) is 21.5 Å². The van der Waals surface area contributed by atoms with Crippen LogP contribution < -0.4 is 5.32 Å². The minimum atomic E-state index is -0.990. The first-order valence-corrected chi connectivity index (χ1v) is 7.32. The molecule has 0 bridgehead atoms. The van der Waals surface area contributed by atoms with Crippen molar-refractivity contribution in [1.82, 2.24) is 0 Å². The Kier molecular flexibility index (Phi) is 6.54. The van der Waals surface area contributed by atoms with Crippen LogP contribution in [0.3, 0.4) is 0 Å². The molecular formula is C14H19NO4S. The first-order valence-electron chi connectivity index (χ1n) is 6.16. The summed E-state index contributed by atoms with van der Waals surface area (Å²) in [5.74, 6) is -0.0718.